The molecule has 0 saturated carbocycles. The van der Waals surface area contributed by atoms with Crippen LogP contribution in [0.5, 0.6) is 0 Å². The van der Waals surface area contributed by atoms with Gasteiger partial charge in [0.05, 0.1) is 6.61 Å². The highest BCUT2D eigenvalue weighted by Crippen LogP contribution is 2.17. The number of piperidine rings is 1. The molecule has 0 aromatic carbocycles. The van der Waals surface area contributed by atoms with E-state index >= 15 is 0 Å². The van der Waals surface area contributed by atoms with Crippen molar-refractivity contribution in [1.29, 1.82) is 0 Å². The van der Waals surface area contributed by atoms with Crippen LogP contribution in [0.4, 0.5) is 0 Å². The fourth-order valence-corrected chi connectivity index (χ4v) is 2.94. The lowest BCUT2D eigenvalue weighted by Crippen LogP contribution is -2.51. The number of likely N-dealkylation sites (tertiary alicyclic amines) is 1. The zero-order valence-corrected chi connectivity index (χ0v) is 13.4. The molecule has 1 heterocycles. The van der Waals surface area contributed by atoms with E-state index in [0.717, 1.165) is 13.0 Å². The lowest BCUT2D eigenvalue weighted by molar-refractivity contribution is 0.110. The molecule has 1 saturated heterocycles. The van der Waals surface area contributed by atoms with Gasteiger partial charge in [-0.3, -0.25) is 0 Å². The smallest absolute Gasteiger partial charge is 0.0611 e. The molecular formula is C15H33N3O. The number of hydrogen-bond donors (Lipinski definition) is 2. The zero-order valence-electron chi connectivity index (χ0n) is 13.4. The van der Waals surface area contributed by atoms with Gasteiger partial charge in [-0.1, -0.05) is 13.8 Å². The van der Waals surface area contributed by atoms with Gasteiger partial charge in [0.25, 0.3) is 0 Å². The maximum absolute atomic E-state index is 9.60. The molecule has 1 aliphatic heterocycles. The van der Waals surface area contributed by atoms with Crippen LogP contribution in [0.25, 0.3) is 0 Å². The van der Waals surface area contributed by atoms with E-state index in [2.05, 4.69) is 50.0 Å². The molecule has 0 bridgehead atoms. The Morgan fingerprint density at radius 1 is 1.37 bits per heavy atom. The van der Waals surface area contributed by atoms with Gasteiger partial charge >= 0.3 is 0 Å². The first kappa shape index (κ1) is 16.9. The van der Waals surface area contributed by atoms with Crippen molar-refractivity contribution in [1.82, 2.24) is 15.1 Å². The first-order valence-corrected chi connectivity index (χ1v) is 7.63. The Bertz CT molecular complexity index is 252. The number of rotatable bonds is 7. The fourth-order valence-electron chi connectivity index (χ4n) is 2.94. The summed E-state index contributed by atoms with van der Waals surface area (Å²) in [6.07, 6.45) is 3.52. The van der Waals surface area contributed by atoms with Gasteiger partial charge in [-0.15, -0.1) is 0 Å². The fraction of sp³-hybridized carbons (Fsp3) is 1.00. The summed E-state index contributed by atoms with van der Waals surface area (Å²) < 4.78 is 0. The third kappa shape index (κ3) is 5.78. The van der Waals surface area contributed by atoms with Gasteiger partial charge in [-0.25, -0.2) is 0 Å². The van der Waals surface area contributed by atoms with Crippen LogP contribution in [0.2, 0.25) is 0 Å². The summed E-state index contributed by atoms with van der Waals surface area (Å²) >= 11 is 0. The number of aliphatic hydroxyl groups excluding tert-OH is 1. The van der Waals surface area contributed by atoms with Crippen molar-refractivity contribution >= 4 is 0 Å². The van der Waals surface area contributed by atoms with Crippen LogP contribution >= 0.6 is 0 Å². The van der Waals surface area contributed by atoms with E-state index in [9.17, 15) is 5.11 Å². The summed E-state index contributed by atoms with van der Waals surface area (Å²) in [4.78, 5) is 4.88. The Morgan fingerprint density at radius 3 is 2.42 bits per heavy atom. The van der Waals surface area contributed by atoms with Crippen LogP contribution in [0.3, 0.4) is 0 Å². The molecule has 0 radical (unpaired) electrons. The van der Waals surface area contributed by atoms with Crippen LogP contribution in [0.15, 0.2) is 0 Å². The molecule has 0 aromatic rings. The van der Waals surface area contributed by atoms with Gasteiger partial charge in [0.15, 0.2) is 0 Å². The van der Waals surface area contributed by atoms with Crippen molar-refractivity contribution in [2.24, 2.45) is 0 Å². The highest BCUT2D eigenvalue weighted by molar-refractivity contribution is 4.86. The minimum Gasteiger partial charge on any atom is -0.394 e. The monoisotopic (exact) mass is 271 g/mol. The molecule has 1 aliphatic rings. The molecule has 114 valence electrons. The largest absolute Gasteiger partial charge is 0.394 e. The summed E-state index contributed by atoms with van der Waals surface area (Å²) in [5.74, 6) is 0. The molecule has 0 amide bonds. The van der Waals surface area contributed by atoms with Crippen molar-refractivity contribution in [3.63, 3.8) is 0 Å². The van der Waals surface area contributed by atoms with Crippen LogP contribution in [0, 0.1) is 0 Å². The number of aliphatic hydroxyl groups is 1. The molecule has 2 N–H and O–H groups in total. The molecule has 1 unspecified atom stereocenters. The maximum atomic E-state index is 9.60. The van der Waals surface area contributed by atoms with E-state index in [0.29, 0.717) is 12.1 Å². The Labute approximate surface area is 119 Å². The molecule has 0 aromatic heterocycles. The predicted octanol–water partition coefficient (Wildman–Crippen LogP) is 1.15. The molecular weight excluding hydrogens is 238 g/mol. The average molecular weight is 271 g/mol. The molecule has 4 nitrogen and oxygen atoms in total. The first-order chi connectivity index (χ1) is 8.86. The Morgan fingerprint density at radius 2 is 1.95 bits per heavy atom. The quantitative estimate of drug-likeness (QED) is 0.729. The molecule has 1 rings (SSSR count). The van der Waals surface area contributed by atoms with Gasteiger partial charge in [-0.05, 0) is 59.9 Å². The lowest BCUT2D eigenvalue weighted by atomic mass is 9.96. The van der Waals surface area contributed by atoms with Crippen LogP contribution < -0.4 is 5.32 Å². The normalized spacial score (nSPS) is 22.1. The van der Waals surface area contributed by atoms with Crippen LogP contribution in [-0.2, 0) is 0 Å². The SMILES string of the molecule is CC(C)NC(C)(CO)CCN(C)C1CCN(C)CC1. The molecule has 1 fully saturated rings. The van der Waals surface area contributed by atoms with E-state index in [4.69, 9.17) is 0 Å². The number of nitrogens with zero attached hydrogens (tertiary/aromatic N) is 2. The van der Waals surface area contributed by atoms with Crippen molar-refractivity contribution in [2.75, 3.05) is 40.3 Å². The van der Waals surface area contributed by atoms with E-state index in [1.54, 1.807) is 0 Å². The topological polar surface area (TPSA) is 38.7 Å². The average Bonchev–Trinajstić information content (AvgIpc) is 2.36. The molecule has 0 aliphatic carbocycles. The molecule has 19 heavy (non-hydrogen) atoms. The third-order valence-electron chi connectivity index (χ3n) is 4.31. The molecule has 4 heteroatoms. The number of hydrogen-bond acceptors (Lipinski definition) is 4. The van der Waals surface area contributed by atoms with E-state index in [1.807, 2.05) is 0 Å². The Kier molecular flexibility index (Phi) is 6.74. The van der Waals surface area contributed by atoms with Gasteiger partial charge in [-0.2, -0.15) is 0 Å². The van der Waals surface area contributed by atoms with Gasteiger partial charge in [0.1, 0.15) is 0 Å². The highest BCUT2D eigenvalue weighted by atomic mass is 16.3. The summed E-state index contributed by atoms with van der Waals surface area (Å²) in [7, 11) is 4.43. The van der Waals surface area contributed by atoms with Crippen molar-refractivity contribution in [3.05, 3.63) is 0 Å². The first-order valence-electron chi connectivity index (χ1n) is 7.63. The van der Waals surface area contributed by atoms with E-state index in [1.165, 1.54) is 25.9 Å². The Balaban J connectivity index is 2.37. The number of nitrogens with one attached hydrogen (secondary N) is 1. The van der Waals surface area contributed by atoms with Crippen molar-refractivity contribution in [3.8, 4) is 0 Å². The maximum Gasteiger partial charge on any atom is 0.0611 e. The third-order valence-corrected chi connectivity index (χ3v) is 4.31. The zero-order chi connectivity index (χ0) is 14.5. The predicted molar refractivity (Wildman–Crippen MR) is 81.5 cm³/mol. The lowest BCUT2D eigenvalue weighted by Gasteiger charge is -2.38. The van der Waals surface area contributed by atoms with Crippen LogP contribution in [-0.4, -0.2) is 72.9 Å². The van der Waals surface area contributed by atoms with Gasteiger partial charge in [0.2, 0.25) is 0 Å². The van der Waals surface area contributed by atoms with Crippen LogP contribution in [0.1, 0.15) is 40.0 Å². The summed E-state index contributed by atoms with van der Waals surface area (Å²) in [5, 5.41) is 13.1. The second-order valence-corrected chi connectivity index (χ2v) is 6.78. The summed E-state index contributed by atoms with van der Waals surface area (Å²) in [5.41, 5.74) is -0.159. The second kappa shape index (κ2) is 7.58. The van der Waals surface area contributed by atoms with Gasteiger partial charge in [0, 0.05) is 17.6 Å². The van der Waals surface area contributed by atoms with E-state index < -0.39 is 0 Å². The van der Waals surface area contributed by atoms with Gasteiger partial charge < -0.3 is 20.2 Å². The van der Waals surface area contributed by atoms with Crippen molar-refractivity contribution < 1.29 is 5.11 Å². The van der Waals surface area contributed by atoms with E-state index in [-0.39, 0.29) is 12.1 Å². The highest BCUT2D eigenvalue weighted by Gasteiger charge is 2.26. The molecule has 0 spiro atoms. The summed E-state index contributed by atoms with van der Waals surface area (Å²) in [6.45, 7) is 10.0. The minimum absolute atomic E-state index is 0.159. The molecule has 1 atom stereocenters. The summed E-state index contributed by atoms with van der Waals surface area (Å²) in [6, 6.07) is 1.11. The standard InChI is InChI=1S/C15H33N3O/c1-13(2)16-15(3,12-19)8-11-18(5)14-6-9-17(4)10-7-14/h13-14,16,19H,6-12H2,1-5H3. The minimum atomic E-state index is -0.159. The van der Waals surface area contributed by atoms with Crippen molar-refractivity contribution in [2.45, 2.75) is 57.7 Å². The second-order valence-electron chi connectivity index (χ2n) is 6.78. The Hall–Kier alpha value is -0.160.